The molecule has 0 radical (unpaired) electrons. The van der Waals surface area contributed by atoms with Crippen molar-refractivity contribution >= 4 is 21.8 Å². The van der Waals surface area contributed by atoms with Crippen molar-refractivity contribution in [3.05, 3.63) is 64.5 Å². The lowest BCUT2D eigenvalue weighted by Crippen LogP contribution is -2.37. The smallest absolute Gasteiger partial charge is 0.261 e. The number of carbonyl (C=O) groups is 1. The molecule has 0 aliphatic rings. The molecule has 1 aromatic heterocycles. The normalized spacial score (nSPS) is 11.8. The monoisotopic (exact) mass is 429 g/mol. The van der Waals surface area contributed by atoms with Crippen LogP contribution in [0.4, 0.5) is 0 Å². The van der Waals surface area contributed by atoms with Gasteiger partial charge in [0.15, 0.2) is 6.10 Å². The van der Waals surface area contributed by atoms with E-state index in [0.29, 0.717) is 23.9 Å². The fraction of sp³-hybridized carbons (Fsp3) is 0.250. The van der Waals surface area contributed by atoms with E-state index in [1.165, 1.54) is 0 Å². The highest BCUT2D eigenvalue weighted by atomic mass is 79.9. The van der Waals surface area contributed by atoms with Crippen LogP contribution in [0.1, 0.15) is 24.8 Å². The van der Waals surface area contributed by atoms with Crippen LogP contribution in [-0.2, 0) is 11.3 Å². The summed E-state index contributed by atoms with van der Waals surface area (Å²) in [7, 11) is 0. The molecule has 3 rings (SSSR count). The Bertz CT molecular complexity index is 926. The van der Waals surface area contributed by atoms with Crippen molar-refractivity contribution in [3.8, 4) is 17.1 Å². The second kappa shape index (κ2) is 8.81. The number of benzene rings is 2. The number of nitrogens with one attached hydrogen (secondary N) is 1. The Morgan fingerprint density at radius 3 is 2.81 bits per heavy atom. The summed E-state index contributed by atoms with van der Waals surface area (Å²) < 4.78 is 12.0. The molecule has 1 amide bonds. The van der Waals surface area contributed by atoms with Crippen LogP contribution in [0.3, 0.4) is 0 Å². The molecule has 3 aromatic rings. The predicted octanol–water partition coefficient (Wildman–Crippen LogP) is 4.28. The van der Waals surface area contributed by atoms with E-state index < -0.39 is 6.10 Å². The molecule has 0 aliphatic heterocycles. The van der Waals surface area contributed by atoms with Crippen LogP contribution in [0.2, 0.25) is 0 Å². The number of ether oxygens (including phenoxy) is 1. The Hall–Kier alpha value is -2.67. The van der Waals surface area contributed by atoms with Crippen LogP contribution >= 0.6 is 15.9 Å². The maximum absolute atomic E-state index is 12.4. The Kier molecular flexibility index (Phi) is 6.24. The molecule has 1 heterocycles. The van der Waals surface area contributed by atoms with E-state index in [1.54, 1.807) is 0 Å². The molecule has 0 spiro atoms. The van der Waals surface area contributed by atoms with Gasteiger partial charge in [0, 0.05) is 10.0 Å². The molecule has 140 valence electrons. The van der Waals surface area contributed by atoms with Gasteiger partial charge in [0.25, 0.3) is 5.91 Å². The number of amides is 1. The van der Waals surface area contributed by atoms with Crippen molar-refractivity contribution < 1.29 is 14.1 Å². The van der Waals surface area contributed by atoms with Gasteiger partial charge >= 0.3 is 0 Å². The predicted molar refractivity (Wildman–Crippen MR) is 105 cm³/mol. The van der Waals surface area contributed by atoms with Gasteiger partial charge in [-0.1, -0.05) is 52.3 Å². The van der Waals surface area contributed by atoms with Gasteiger partial charge in [0.1, 0.15) is 5.75 Å². The van der Waals surface area contributed by atoms with E-state index in [2.05, 4.69) is 31.4 Å². The Morgan fingerprint density at radius 2 is 2.07 bits per heavy atom. The third kappa shape index (κ3) is 5.17. The summed E-state index contributed by atoms with van der Waals surface area (Å²) in [5, 5.41) is 6.75. The molecule has 0 fully saturated rings. The number of hydrogen-bond acceptors (Lipinski definition) is 5. The summed E-state index contributed by atoms with van der Waals surface area (Å²) in [6, 6.07) is 15.2. The largest absolute Gasteiger partial charge is 0.481 e. The number of hydrogen-bond donors (Lipinski definition) is 1. The SMILES string of the molecule is CC[C@@H](Oc1cccc(C)c1)C(=O)NCc1nc(-c2cccc(Br)c2)no1. The fourth-order valence-corrected chi connectivity index (χ4v) is 2.92. The molecule has 0 unspecified atom stereocenters. The van der Waals surface area contributed by atoms with E-state index in [4.69, 9.17) is 9.26 Å². The van der Waals surface area contributed by atoms with Crippen LogP contribution < -0.4 is 10.1 Å². The van der Waals surface area contributed by atoms with Gasteiger partial charge in [0.2, 0.25) is 11.7 Å². The average Bonchev–Trinajstić information content (AvgIpc) is 3.13. The summed E-state index contributed by atoms with van der Waals surface area (Å²) in [6.07, 6.45) is -0.0355. The van der Waals surface area contributed by atoms with Crippen LogP contribution in [0.15, 0.2) is 57.5 Å². The molecule has 0 bridgehead atoms. The molecule has 0 aliphatic carbocycles. The van der Waals surface area contributed by atoms with E-state index in [1.807, 2.05) is 62.4 Å². The first-order chi connectivity index (χ1) is 13.0. The van der Waals surface area contributed by atoms with Crippen molar-refractivity contribution in [1.82, 2.24) is 15.5 Å². The lowest BCUT2D eigenvalue weighted by molar-refractivity contribution is -0.128. The van der Waals surface area contributed by atoms with Gasteiger partial charge in [-0.25, -0.2) is 0 Å². The Morgan fingerprint density at radius 1 is 1.26 bits per heavy atom. The molecular weight excluding hydrogens is 410 g/mol. The van der Waals surface area contributed by atoms with Gasteiger partial charge in [-0.05, 0) is 43.2 Å². The quantitative estimate of drug-likeness (QED) is 0.606. The van der Waals surface area contributed by atoms with Crippen LogP contribution in [0.5, 0.6) is 5.75 Å². The van der Waals surface area contributed by atoms with Crippen molar-refractivity contribution in [1.29, 1.82) is 0 Å². The first-order valence-corrected chi connectivity index (χ1v) is 9.44. The number of halogens is 1. The van der Waals surface area contributed by atoms with Gasteiger partial charge < -0.3 is 14.6 Å². The molecule has 0 saturated carbocycles. The topological polar surface area (TPSA) is 77.2 Å². The third-order valence-corrected chi connectivity index (χ3v) is 4.39. The van der Waals surface area contributed by atoms with E-state index >= 15 is 0 Å². The summed E-state index contributed by atoms with van der Waals surface area (Å²) in [5.41, 5.74) is 1.91. The first kappa shape index (κ1) is 19.1. The van der Waals surface area contributed by atoms with Gasteiger partial charge in [-0.2, -0.15) is 4.98 Å². The Labute approximate surface area is 166 Å². The highest BCUT2D eigenvalue weighted by molar-refractivity contribution is 9.10. The summed E-state index contributed by atoms with van der Waals surface area (Å²) in [4.78, 5) is 16.7. The maximum Gasteiger partial charge on any atom is 0.261 e. The first-order valence-electron chi connectivity index (χ1n) is 8.64. The lowest BCUT2D eigenvalue weighted by Gasteiger charge is -2.17. The highest BCUT2D eigenvalue weighted by Crippen LogP contribution is 2.20. The number of aryl methyl sites for hydroxylation is 1. The number of rotatable bonds is 7. The molecule has 27 heavy (non-hydrogen) atoms. The van der Waals surface area contributed by atoms with E-state index in [0.717, 1.165) is 15.6 Å². The van der Waals surface area contributed by atoms with E-state index in [-0.39, 0.29) is 12.5 Å². The summed E-state index contributed by atoms with van der Waals surface area (Å²) >= 11 is 3.41. The zero-order chi connectivity index (χ0) is 19.2. The third-order valence-electron chi connectivity index (χ3n) is 3.90. The minimum atomic E-state index is -0.584. The second-order valence-corrected chi connectivity index (χ2v) is 6.99. The van der Waals surface area contributed by atoms with Crippen molar-refractivity contribution in [2.24, 2.45) is 0 Å². The zero-order valence-electron chi connectivity index (χ0n) is 15.1. The maximum atomic E-state index is 12.4. The van der Waals surface area contributed by atoms with Gasteiger partial charge in [-0.15, -0.1) is 0 Å². The number of nitrogens with zero attached hydrogens (tertiary/aromatic N) is 2. The lowest BCUT2D eigenvalue weighted by atomic mass is 10.2. The van der Waals surface area contributed by atoms with Gasteiger partial charge in [0.05, 0.1) is 6.54 Å². The standard InChI is InChI=1S/C20H20BrN3O3/c1-3-17(26-16-9-4-6-13(2)10-16)20(25)22-12-18-23-19(24-27-18)14-7-5-8-15(21)11-14/h4-11,17H,3,12H2,1-2H3,(H,22,25)/t17-/m1/s1. The summed E-state index contributed by atoms with van der Waals surface area (Å²) in [6.45, 7) is 4.03. The zero-order valence-corrected chi connectivity index (χ0v) is 16.7. The Balaban J connectivity index is 1.59. The molecular formula is C20H20BrN3O3. The van der Waals surface area contributed by atoms with Crippen LogP contribution in [0, 0.1) is 6.92 Å². The molecule has 1 N–H and O–H groups in total. The van der Waals surface area contributed by atoms with Crippen molar-refractivity contribution in [2.75, 3.05) is 0 Å². The number of carbonyl (C=O) groups excluding carboxylic acids is 1. The van der Waals surface area contributed by atoms with E-state index in [9.17, 15) is 4.79 Å². The minimum absolute atomic E-state index is 0.146. The fourth-order valence-electron chi connectivity index (χ4n) is 2.52. The second-order valence-electron chi connectivity index (χ2n) is 6.07. The van der Waals surface area contributed by atoms with Crippen LogP contribution in [-0.4, -0.2) is 22.2 Å². The van der Waals surface area contributed by atoms with Crippen molar-refractivity contribution in [3.63, 3.8) is 0 Å². The highest BCUT2D eigenvalue weighted by Gasteiger charge is 2.19. The van der Waals surface area contributed by atoms with Crippen LogP contribution in [0.25, 0.3) is 11.4 Å². The molecule has 0 saturated heterocycles. The molecule has 6 nitrogen and oxygen atoms in total. The molecule has 1 atom stereocenters. The minimum Gasteiger partial charge on any atom is -0.481 e. The average molecular weight is 430 g/mol. The summed E-state index contributed by atoms with van der Waals surface area (Å²) in [5.74, 6) is 1.26. The molecule has 2 aromatic carbocycles. The van der Waals surface area contributed by atoms with Crippen molar-refractivity contribution in [2.45, 2.75) is 32.9 Å². The van der Waals surface area contributed by atoms with Gasteiger partial charge in [-0.3, -0.25) is 4.79 Å². The number of aromatic nitrogens is 2. The molecule has 7 heteroatoms.